The Labute approximate surface area is 141 Å². The molecule has 1 aliphatic heterocycles. The number of aryl methyl sites for hydroxylation is 1. The zero-order valence-corrected chi connectivity index (χ0v) is 13.6. The van der Waals surface area contributed by atoms with Crippen LogP contribution in [0, 0.1) is 29.6 Å². The number of piperidine rings is 1. The van der Waals surface area contributed by atoms with E-state index in [1.165, 1.54) is 0 Å². The van der Waals surface area contributed by atoms with E-state index in [1.807, 2.05) is 25.1 Å². The Bertz CT molecular complexity index is 811. The summed E-state index contributed by atoms with van der Waals surface area (Å²) in [6, 6.07) is 13.5. The van der Waals surface area contributed by atoms with Gasteiger partial charge in [-0.3, -0.25) is 0 Å². The molecule has 0 bridgehead atoms. The molecule has 1 saturated heterocycles. The zero-order valence-electron chi connectivity index (χ0n) is 13.6. The normalized spacial score (nSPS) is 14.7. The van der Waals surface area contributed by atoms with Gasteiger partial charge in [0, 0.05) is 32.1 Å². The van der Waals surface area contributed by atoms with Gasteiger partial charge >= 0.3 is 0 Å². The number of aromatic nitrogens is 1. The molecule has 0 radical (unpaired) electrons. The van der Waals surface area contributed by atoms with E-state index in [0.29, 0.717) is 11.1 Å². The van der Waals surface area contributed by atoms with E-state index < -0.39 is 0 Å². The van der Waals surface area contributed by atoms with Crippen LogP contribution in [-0.2, 0) is 0 Å². The number of rotatable bonds is 3. The van der Waals surface area contributed by atoms with Crippen molar-refractivity contribution in [3.63, 3.8) is 0 Å². The average molecular weight is 318 g/mol. The van der Waals surface area contributed by atoms with Crippen molar-refractivity contribution in [2.45, 2.75) is 25.9 Å². The van der Waals surface area contributed by atoms with Crippen LogP contribution in [0.1, 0.15) is 29.5 Å². The van der Waals surface area contributed by atoms with Gasteiger partial charge in [0.15, 0.2) is 0 Å². The maximum absolute atomic E-state index is 9.36. The lowest BCUT2D eigenvalue weighted by Gasteiger charge is -2.33. The third-order valence-electron chi connectivity index (χ3n) is 4.26. The van der Waals surface area contributed by atoms with Gasteiger partial charge in [-0.05, 0) is 36.8 Å². The Balaban J connectivity index is 1.65. The number of hydrogen-bond acceptors (Lipinski definition) is 5. The van der Waals surface area contributed by atoms with Crippen LogP contribution in [0.25, 0.3) is 0 Å². The molecular formula is C19H18N4O. The molecule has 1 aromatic carbocycles. The number of hydrogen-bond donors (Lipinski definition) is 0. The molecule has 0 aliphatic carbocycles. The Morgan fingerprint density at radius 3 is 2.67 bits per heavy atom. The molecule has 120 valence electrons. The smallest absolute Gasteiger partial charge is 0.146 e. The minimum Gasteiger partial charge on any atom is -0.490 e. The molecule has 5 nitrogen and oxygen atoms in total. The molecule has 2 heterocycles. The minimum absolute atomic E-state index is 0.116. The molecule has 5 heteroatoms. The average Bonchev–Trinajstić information content (AvgIpc) is 2.62. The number of nitrogens with zero attached hydrogens (tertiary/aromatic N) is 4. The quantitative estimate of drug-likeness (QED) is 0.869. The van der Waals surface area contributed by atoms with E-state index in [-0.39, 0.29) is 6.10 Å². The molecule has 0 saturated carbocycles. The fourth-order valence-corrected chi connectivity index (χ4v) is 2.94. The van der Waals surface area contributed by atoms with Crippen LogP contribution in [0.5, 0.6) is 5.75 Å². The van der Waals surface area contributed by atoms with E-state index in [2.05, 4.69) is 22.0 Å². The van der Waals surface area contributed by atoms with Gasteiger partial charge in [0.05, 0.1) is 17.2 Å². The summed E-state index contributed by atoms with van der Waals surface area (Å²) in [4.78, 5) is 6.54. The molecule has 0 spiro atoms. The van der Waals surface area contributed by atoms with E-state index >= 15 is 0 Å². The first-order valence-electron chi connectivity index (χ1n) is 7.98. The van der Waals surface area contributed by atoms with Crippen molar-refractivity contribution in [3.05, 3.63) is 53.2 Å². The van der Waals surface area contributed by atoms with E-state index in [9.17, 15) is 5.26 Å². The van der Waals surface area contributed by atoms with Gasteiger partial charge in [-0.1, -0.05) is 6.07 Å². The molecule has 1 fully saturated rings. The number of benzene rings is 1. The van der Waals surface area contributed by atoms with Crippen molar-refractivity contribution in [1.82, 2.24) is 4.98 Å². The summed E-state index contributed by atoms with van der Waals surface area (Å²) in [6.45, 7) is 3.53. The maximum Gasteiger partial charge on any atom is 0.146 e. The highest BCUT2D eigenvalue weighted by Gasteiger charge is 2.23. The van der Waals surface area contributed by atoms with Crippen molar-refractivity contribution < 1.29 is 4.74 Å². The van der Waals surface area contributed by atoms with E-state index in [0.717, 1.165) is 43.1 Å². The van der Waals surface area contributed by atoms with Crippen molar-refractivity contribution in [2.24, 2.45) is 0 Å². The van der Waals surface area contributed by atoms with Gasteiger partial charge in [-0.2, -0.15) is 10.5 Å². The molecule has 0 atom stereocenters. The van der Waals surface area contributed by atoms with Gasteiger partial charge in [-0.15, -0.1) is 0 Å². The maximum atomic E-state index is 9.36. The first-order chi connectivity index (χ1) is 11.7. The molecule has 0 N–H and O–H groups in total. The molecule has 3 rings (SSSR count). The standard InChI is InChI=1S/C19H18N4O/c1-14-5-8-22-19(18(14)13-21)23-9-6-16(7-10-23)24-17-4-2-3-15(11-17)12-20/h2-5,8,11,16H,6-7,9-10H2,1H3. The second-order valence-corrected chi connectivity index (χ2v) is 5.88. The molecule has 24 heavy (non-hydrogen) atoms. The van der Waals surface area contributed by atoms with Gasteiger partial charge < -0.3 is 9.64 Å². The largest absolute Gasteiger partial charge is 0.490 e. The molecule has 1 aliphatic rings. The van der Waals surface area contributed by atoms with Gasteiger partial charge in [0.1, 0.15) is 23.7 Å². The third-order valence-corrected chi connectivity index (χ3v) is 4.26. The molecule has 2 aromatic rings. The lowest BCUT2D eigenvalue weighted by molar-refractivity contribution is 0.170. The summed E-state index contributed by atoms with van der Waals surface area (Å²) >= 11 is 0. The Morgan fingerprint density at radius 2 is 1.96 bits per heavy atom. The predicted octanol–water partition coefficient (Wildman–Crippen LogP) is 3.18. The Kier molecular flexibility index (Phi) is 4.63. The van der Waals surface area contributed by atoms with Crippen molar-refractivity contribution in [3.8, 4) is 17.9 Å². The highest BCUT2D eigenvalue weighted by Crippen LogP contribution is 2.25. The van der Waals surface area contributed by atoms with Crippen molar-refractivity contribution in [1.29, 1.82) is 10.5 Å². The van der Waals surface area contributed by atoms with Crippen LogP contribution >= 0.6 is 0 Å². The second kappa shape index (κ2) is 7.02. The fourth-order valence-electron chi connectivity index (χ4n) is 2.94. The van der Waals surface area contributed by atoms with Crippen LogP contribution in [0.2, 0.25) is 0 Å². The SMILES string of the molecule is Cc1ccnc(N2CCC(Oc3cccc(C#N)c3)CC2)c1C#N. The Hall–Kier alpha value is -3.05. The minimum atomic E-state index is 0.116. The van der Waals surface area contributed by atoms with Crippen LogP contribution in [0.3, 0.4) is 0 Å². The lowest BCUT2D eigenvalue weighted by atomic mass is 10.1. The highest BCUT2D eigenvalue weighted by molar-refractivity contribution is 5.57. The summed E-state index contributed by atoms with van der Waals surface area (Å²) in [5.41, 5.74) is 2.21. The summed E-state index contributed by atoms with van der Waals surface area (Å²) in [5, 5.41) is 18.3. The Morgan fingerprint density at radius 1 is 1.17 bits per heavy atom. The van der Waals surface area contributed by atoms with Crippen LogP contribution in [0.15, 0.2) is 36.5 Å². The first kappa shape index (κ1) is 15.8. The molecule has 0 unspecified atom stereocenters. The molecular weight excluding hydrogens is 300 g/mol. The van der Waals surface area contributed by atoms with E-state index in [1.54, 1.807) is 18.3 Å². The van der Waals surface area contributed by atoms with Crippen molar-refractivity contribution >= 4 is 5.82 Å². The van der Waals surface area contributed by atoms with E-state index in [4.69, 9.17) is 10.00 Å². The summed E-state index contributed by atoms with van der Waals surface area (Å²) in [6.07, 6.45) is 3.58. The van der Waals surface area contributed by atoms with Gasteiger partial charge in [0.2, 0.25) is 0 Å². The summed E-state index contributed by atoms with van der Waals surface area (Å²) in [7, 11) is 0. The van der Waals surface area contributed by atoms with Gasteiger partial charge in [0.25, 0.3) is 0 Å². The second-order valence-electron chi connectivity index (χ2n) is 5.88. The highest BCUT2D eigenvalue weighted by atomic mass is 16.5. The topological polar surface area (TPSA) is 72.9 Å². The van der Waals surface area contributed by atoms with Crippen LogP contribution in [-0.4, -0.2) is 24.2 Å². The van der Waals surface area contributed by atoms with Crippen molar-refractivity contribution in [2.75, 3.05) is 18.0 Å². The fraction of sp³-hybridized carbons (Fsp3) is 0.316. The van der Waals surface area contributed by atoms with Crippen LogP contribution < -0.4 is 9.64 Å². The van der Waals surface area contributed by atoms with Crippen LogP contribution in [0.4, 0.5) is 5.82 Å². The number of anilines is 1. The van der Waals surface area contributed by atoms with Gasteiger partial charge in [-0.25, -0.2) is 4.98 Å². The lowest BCUT2D eigenvalue weighted by Crippen LogP contribution is -2.39. The molecule has 1 aromatic heterocycles. The zero-order chi connectivity index (χ0) is 16.9. The number of nitriles is 2. The third kappa shape index (κ3) is 3.31. The summed E-state index contributed by atoms with van der Waals surface area (Å²) < 4.78 is 6.00. The molecule has 0 amide bonds. The summed E-state index contributed by atoms with van der Waals surface area (Å²) in [5.74, 6) is 1.50. The monoisotopic (exact) mass is 318 g/mol. The number of pyridine rings is 1. The predicted molar refractivity (Wildman–Crippen MR) is 90.7 cm³/mol. The number of ether oxygens (including phenoxy) is 1. The first-order valence-corrected chi connectivity index (χ1v) is 7.98.